The van der Waals surface area contributed by atoms with Gasteiger partial charge < -0.3 is 19.9 Å². The number of thiophene rings is 2. The van der Waals surface area contributed by atoms with Crippen molar-refractivity contribution in [2.24, 2.45) is 0 Å². The summed E-state index contributed by atoms with van der Waals surface area (Å²) >= 11 is 4.13. The van der Waals surface area contributed by atoms with Crippen molar-refractivity contribution in [3.8, 4) is 0 Å². The lowest BCUT2D eigenvalue weighted by Gasteiger charge is -2.14. The smallest absolute Gasteiger partial charge is 0.341 e. The Bertz CT molecular complexity index is 1510. The largest absolute Gasteiger partial charge is 0.462 e. The molecule has 4 aromatic rings. The number of amides is 2. The Morgan fingerprint density at radius 2 is 1.95 bits per heavy atom. The number of aromatic nitrogens is 3. The van der Waals surface area contributed by atoms with Gasteiger partial charge in [-0.1, -0.05) is 48.2 Å². The van der Waals surface area contributed by atoms with Gasteiger partial charge in [0.05, 0.1) is 28.8 Å². The van der Waals surface area contributed by atoms with Gasteiger partial charge in [0.2, 0.25) is 5.91 Å². The minimum atomic E-state index is -0.518. The van der Waals surface area contributed by atoms with E-state index in [0.29, 0.717) is 33.0 Å². The fourth-order valence-corrected chi connectivity index (χ4v) is 7.45. The average Bonchev–Trinajstić information content (AvgIpc) is 3.77. The molecule has 5 rings (SSSR count). The normalized spacial score (nSPS) is 13.0. The molecule has 1 aliphatic rings. The summed E-state index contributed by atoms with van der Waals surface area (Å²) in [5.41, 5.74) is 2.65. The maximum Gasteiger partial charge on any atom is 0.341 e. The van der Waals surface area contributed by atoms with Crippen LogP contribution in [0.1, 0.15) is 62.1 Å². The zero-order valence-corrected chi connectivity index (χ0v) is 25.3. The van der Waals surface area contributed by atoms with Gasteiger partial charge in [-0.3, -0.25) is 9.59 Å². The second-order valence-electron chi connectivity index (χ2n) is 9.48. The predicted molar refractivity (Wildman–Crippen MR) is 162 cm³/mol. The van der Waals surface area contributed by atoms with Gasteiger partial charge in [0.15, 0.2) is 11.0 Å². The number of aryl methyl sites for hydroxylation is 2. The Kier molecular flexibility index (Phi) is 9.53. The number of carbonyl (C=O) groups is 3. The number of anilines is 1. The molecule has 0 saturated heterocycles. The van der Waals surface area contributed by atoms with Crippen LogP contribution in [0, 0.1) is 0 Å². The molecule has 9 nitrogen and oxygen atoms in total. The van der Waals surface area contributed by atoms with Gasteiger partial charge in [0.25, 0.3) is 5.91 Å². The summed E-state index contributed by atoms with van der Waals surface area (Å²) in [6.07, 6.45) is 3.46. The summed E-state index contributed by atoms with van der Waals surface area (Å²) in [4.78, 5) is 40.4. The number of esters is 1. The Morgan fingerprint density at radius 3 is 2.71 bits per heavy atom. The van der Waals surface area contributed by atoms with Crippen LogP contribution in [0.4, 0.5) is 5.00 Å². The zero-order chi connectivity index (χ0) is 28.8. The second kappa shape index (κ2) is 13.5. The summed E-state index contributed by atoms with van der Waals surface area (Å²) in [6, 6.07) is 13.7. The van der Waals surface area contributed by atoms with E-state index in [9.17, 15) is 14.4 Å². The number of hydrogen-bond acceptors (Lipinski definition) is 9. The molecule has 1 atom stereocenters. The molecule has 0 bridgehead atoms. The lowest BCUT2D eigenvalue weighted by atomic mass is 10.1. The number of nitrogens with zero attached hydrogens (tertiary/aromatic N) is 3. The SMILES string of the molecule is CCOC(=O)c1c(NC(=O)[C@H](C)Sc2nnc(CNC(=O)c3cccs3)n2CCc2ccccc2)sc2c1CCC2. The highest BCUT2D eigenvalue weighted by molar-refractivity contribution is 8.00. The van der Waals surface area contributed by atoms with Crippen molar-refractivity contribution >= 4 is 57.2 Å². The molecular formula is C29H31N5O4S3. The molecule has 0 radical (unpaired) electrons. The minimum absolute atomic E-state index is 0.167. The van der Waals surface area contributed by atoms with Crippen LogP contribution >= 0.6 is 34.4 Å². The van der Waals surface area contributed by atoms with Crippen molar-refractivity contribution in [1.82, 2.24) is 20.1 Å². The molecule has 0 spiro atoms. The average molecular weight is 610 g/mol. The molecule has 1 aliphatic carbocycles. The molecule has 214 valence electrons. The summed E-state index contributed by atoms with van der Waals surface area (Å²) in [5.74, 6) is -0.178. The molecule has 3 heterocycles. The van der Waals surface area contributed by atoms with Crippen LogP contribution in [-0.2, 0) is 41.9 Å². The molecule has 0 unspecified atom stereocenters. The van der Waals surface area contributed by atoms with Crippen LogP contribution in [0.25, 0.3) is 0 Å². The van der Waals surface area contributed by atoms with E-state index in [0.717, 1.165) is 41.7 Å². The van der Waals surface area contributed by atoms with Crippen LogP contribution in [0.3, 0.4) is 0 Å². The Labute approximate surface area is 250 Å². The van der Waals surface area contributed by atoms with Gasteiger partial charge >= 0.3 is 5.97 Å². The van der Waals surface area contributed by atoms with E-state index in [2.05, 4.69) is 33.0 Å². The fraction of sp³-hybridized carbons (Fsp3) is 0.345. The number of hydrogen-bond donors (Lipinski definition) is 2. The van der Waals surface area contributed by atoms with E-state index in [1.807, 2.05) is 34.2 Å². The maximum atomic E-state index is 13.3. The van der Waals surface area contributed by atoms with Crippen LogP contribution in [0.15, 0.2) is 53.0 Å². The Balaban J connectivity index is 1.31. The van der Waals surface area contributed by atoms with E-state index in [-0.39, 0.29) is 25.0 Å². The monoisotopic (exact) mass is 609 g/mol. The Hall–Kier alpha value is -3.48. The summed E-state index contributed by atoms with van der Waals surface area (Å²) < 4.78 is 7.25. The lowest BCUT2D eigenvalue weighted by molar-refractivity contribution is -0.115. The molecule has 0 aliphatic heterocycles. The van der Waals surface area contributed by atoms with E-state index in [1.54, 1.807) is 19.9 Å². The number of carbonyl (C=O) groups excluding carboxylic acids is 3. The van der Waals surface area contributed by atoms with Crippen LogP contribution in [0.2, 0.25) is 0 Å². The van der Waals surface area contributed by atoms with Gasteiger partial charge in [-0.05, 0) is 62.1 Å². The first-order chi connectivity index (χ1) is 19.9. The third-order valence-corrected chi connectivity index (χ3v) is 9.86. The van der Waals surface area contributed by atoms with Gasteiger partial charge in [-0.25, -0.2) is 4.79 Å². The minimum Gasteiger partial charge on any atom is -0.462 e. The molecule has 0 fully saturated rings. The van der Waals surface area contributed by atoms with Crippen molar-refractivity contribution in [3.05, 3.63) is 80.1 Å². The highest BCUT2D eigenvalue weighted by atomic mass is 32.2. The van der Waals surface area contributed by atoms with E-state index < -0.39 is 11.2 Å². The molecule has 12 heteroatoms. The van der Waals surface area contributed by atoms with Crippen LogP contribution in [0.5, 0.6) is 0 Å². The molecule has 3 aromatic heterocycles. The predicted octanol–water partition coefficient (Wildman–Crippen LogP) is 5.36. The zero-order valence-electron chi connectivity index (χ0n) is 22.8. The number of thioether (sulfide) groups is 1. The van der Waals surface area contributed by atoms with Crippen molar-refractivity contribution in [1.29, 1.82) is 0 Å². The molecule has 1 aromatic carbocycles. The van der Waals surface area contributed by atoms with Crippen LogP contribution in [-0.4, -0.2) is 44.4 Å². The maximum absolute atomic E-state index is 13.3. The summed E-state index contributed by atoms with van der Waals surface area (Å²) in [5, 5.41) is 17.1. The molecular weight excluding hydrogens is 579 g/mol. The summed E-state index contributed by atoms with van der Waals surface area (Å²) in [6.45, 7) is 4.65. The second-order valence-corrected chi connectivity index (χ2v) is 12.8. The first-order valence-corrected chi connectivity index (χ1v) is 16.1. The number of ether oxygens (including phenoxy) is 1. The number of rotatable bonds is 12. The van der Waals surface area contributed by atoms with Crippen LogP contribution < -0.4 is 10.6 Å². The quantitative estimate of drug-likeness (QED) is 0.164. The number of fused-ring (bicyclic) bond motifs is 1. The standard InChI is InChI=1S/C29H31N5O4S3/c1-3-38-28(37)24-20-11-7-12-21(20)41-27(24)31-25(35)18(2)40-29-33-32-23(17-30-26(36)22-13-8-16-39-22)34(29)15-14-19-9-5-4-6-10-19/h4-6,8-10,13,16,18H,3,7,11-12,14-15,17H2,1-2H3,(H,30,36)(H,31,35)/t18-/m0/s1. The van der Waals surface area contributed by atoms with E-state index in [4.69, 9.17) is 4.74 Å². The highest BCUT2D eigenvalue weighted by Gasteiger charge is 2.30. The van der Waals surface area contributed by atoms with Crippen molar-refractivity contribution in [2.75, 3.05) is 11.9 Å². The molecule has 41 heavy (non-hydrogen) atoms. The van der Waals surface area contributed by atoms with Gasteiger partial charge in [0.1, 0.15) is 5.00 Å². The lowest BCUT2D eigenvalue weighted by Crippen LogP contribution is -2.25. The first-order valence-electron chi connectivity index (χ1n) is 13.5. The Morgan fingerprint density at radius 1 is 1.12 bits per heavy atom. The molecule has 2 amide bonds. The van der Waals surface area contributed by atoms with E-state index >= 15 is 0 Å². The topological polar surface area (TPSA) is 115 Å². The fourth-order valence-electron chi connectivity index (χ4n) is 4.64. The molecule has 2 N–H and O–H groups in total. The van der Waals surface area contributed by atoms with Crippen molar-refractivity contribution in [2.45, 2.75) is 63.0 Å². The number of benzene rings is 1. The van der Waals surface area contributed by atoms with Crippen molar-refractivity contribution in [3.63, 3.8) is 0 Å². The number of nitrogens with one attached hydrogen (secondary N) is 2. The van der Waals surface area contributed by atoms with Gasteiger partial charge in [0, 0.05) is 11.4 Å². The van der Waals surface area contributed by atoms with Gasteiger partial charge in [-0.15, -0.1) is 32.9 Å². The molecule has 0 saturated carbocycles. The third kappa shape index (κ3) is 6.88. The van der Waals surface area contributed by atoms with Gasteiger partial charge in [-0.2, -0.15) is 0 Å². The third-order valence-electron chi connectivity index (χ3n) is 6.70. The highest BCUT2D eigenvalue weighted by Crippen LogP contribution is 2.40. The summed E-state index contributed by atoms with van der Waals surface area (Å²) in [7, 11) is 0. The van der Waals surface area contributed by atoms with Crippen molar-refractivity contribution < 1.29 is 19.1 Å². The first kappa shape index (κ1) is 29.0. The van der Waals surface area contributed by atoms with E-state index in [1.165, 1.54) is 34.4 Å².